The van der Waals surface area contributed by atoms with Crippen LogP contribution in [0.25, 0.3) is 11.4 Å². The minimum Gasteiger partial charge on any atom is -0.383 e. The van der Waals surface area contributed by atoms with Gasteiger partial charge >= 0.3 is 0 Å². The van der Waals surface area contributed by atoms with Gasteiger partial charge in [0, 0.05) is 17.1 Å². The predicted octanol–water partition coefficient (Wildman–Crippen LogP) is 3.55. The molecule has 0 fully saturated rings. The molecule has 19 heavy (non-hydrogen) atoms. The molecule has 0 atom stereocenters. The number of hydrogen-bond donors (Lipinski definition) is 1. The van der Waals surface area contributed by atoms with Crippen molar-refractivity contribution < 1.29 is 4.74 Å². The fourth-order valence-electron chi connectivity index (χ4n) is 1.74. The van der Waals surface area contributed by atoms with Crippen molar-refractivity contribution in [2.24, 2.45) is 0 Å². The Hall–Kier alpha value is -0.730. The summed E-state index contributed by atoms with van der Waals surface area (Å²) in [6.45, 7) is 2.45. The molecule has 0 saturated heterocycles. The third kappa shape index (κ3) is 3.24. The lowest BCUT2D eigenvalue weighted by Crippen LogP contribution is -2.06. The average Bonchev–Trinajstić information content (AvgIpc) is 2.35. The topological polar surface area (TPSA) is 61.0 Å². The molecule has 0 radical (unpaired) electrons. The molecule has 6 heteroatoms. The summed E-state index contributed by atoms with van der Waals surface area (Å²) in [6, 6.07) is 5.98. The fourth-order valence-corrected chi connectivity index (χ4v) is 2.62. The summed E-state index contributed by atoms with van der Waals surface area (Å²) >= 11 is 5.59. The lowest BCUT2D eigenvalue weighted by molar-refractivity contribution is 0.181. The highest BCUT2D eigenvalue weighted by Crippen LogP contribution is 2.26. The van der Waals surface area contributed by atoms with Crippen molar-refractivity contribution in [2.45, 2.75) is 13.5 Å². The second-order valence-electron chi connectivity index (χ2n) is 4.09. The lowest BCUT2D eigenvalue weighted by Gasteiger charge is -2.10. The monoisotopic (exact) mass is 433 g/mol. The zero-order valence-corrected chi connectivity index (χ0v) is 14.3. The third-order valence-electron chi connectivity index (χ3n) is 2.66. The van der Waals surface area contributed by atoms with Gasteiger partial charge in [0.05, 0.1) is 15.9 Å². The van der Waals surface area contributed by atoms with Gasteiger partial charge in [0.15, 0.2) is 5.82 Å². The van der Waals surface area contributed by atoms with Crippen molar-refractivity contribution in [1.29, 1.82) is 0 Å². The van der Waals surface area contributed by atoms with Gasteiger partial charge in [0.1, 0.15) is 5.82 Å². The summed E-state index contributed by atoms with van der Waals surface area (Å²) in [4.78, 5) is 8.91. The molecule has 100 valence electrons. The van der Waals surface area contributed by atoms with E-state index in [2.05, 4.69) is 48.5 Å². The van der Waals surface area contributed by atoms with E-state index in [0.717, 1.165) is 24.9 Å². The highest BCUT2D eigenvalue weighted by molar-refractivity contribution is 14.1. The first-order valence-electron chi connectivity index (χ1n) is 5.60. The van der Waals surface area contributed by atoms with Gasteiger partial charge in [-0.2, -0.15) is 0 Å². The van der Waals surface area contributed by atoms with Gasteiger partial charge in [-0.05, 0) is 53.3 Å². The average molecular weight is 434 g/mol. The molecule has 0 aliphatic heterocycles. The highest BCUT2D eigenvalue weighted by Gasteiger charge is 2.12. The van der Waals surface area contributed by atoms with Crippen LogP contribution in [0, 0.1) is 10.5 Å². The summed E-state index contributed by atoms with van der Waals surface area (Å²) in [5.74, 6) is 1.12. The molecular formula is C13H13BrIN3O. The number of nitrogens with two attached hydrogens (primary N) is 1. The molecule has 4 nitrogen and oxygen atoms in total. The minimum atomic E-state index is 0.424. The Kier molecular flexibility index (Phi) is 4.75. The number of halogens is 2. The van der Waals surface area contributed by atoms with Gasteiger partial charge in [-0.3, -0.25) is 0 Å². The van der Waals surface area contributed by atoms with Crippen LogP contribution in [0.2, 0.25) is 0 Å². The Morgan fingerprint density at radius 1 is 1.37 bits per heavy atom. The van der Waals surface area contributed by atoms with Crippen LogP contribution in [-0.2, 0) is 11.3 Å². The van der Waals surface area contributed by atoms with E-state index in [4.69, 9.17) is 10.5 Å². The van der Waals surface area contributed by atoms with Crippen molar-refractivity contribution in [1.82, 2.24) is 9.97 Å². The molecule has 0 saturated carbocycles. The first-order valence-corrected chi connectivity index (χ1v) is 7.47. The van der Waals surface area contributed by atoms with Crippen LogP contribution in [0.3, 0.4) is 0 Å². The van der Waals surface area contributed by atoms with E-state index in [-0.39, 0.29) is 0 Å². The van der Waals surface area contributed by atoms with E-state index >= 15 is 0 Å². The number of methoxy groups -OCH3 is 1. The normalized spacial score (nSPS) is 10.7. The van der Waals surface area contributed by atoms with Gasteiger partial charge in [-0.1, -0.05) is 15.9 Å². The maximum Gasteiger partial charge on any atom is 0.162 e. The van der Waals surface area contributed by atoms with Crippen LogP contribution in [0.1, 0.15) is 11.3 Å². The van der Waals surface area contributed by atoms with Crippen molar-refractivity contribution in [3.8, 4) is 11.4 Å². The second kappa shape index (κ2) is 6.15. The Morgan fingerprint density at radius 2 is 2.11 bits per heavy atom. The molecule has 2 N–H and O–H groups in total. The summed E-state index contributed by atoms with van der Waals surface area (Å²) in [6.07, 6.45) is 0. The molecule has 1 aromatic carbocycles. The molecule has 0 aliphatic carbocycles. The molecule has 0 amide bonds. The number of hydrogen-bond acceptors (Lipinski definition) is 4. The van der Waals surface area contributed by atoms with Gasteiger partial charge in [0.2, 0.25) is 0 Å². The van der Waals surface area contributed by atoms with Crippen molar-refractivity contribution in [2.75, 3.05) is 12.8 Å². The van der Waals surface area contributed by atoms with E-state index in [1.54, 1.807) is 7.11 Å². The second-order valence-corrected chi connectivity index (χ2v) is 6.08. The Labute approximate surface area is 134 Å². The van der Waals surface area contributed by atoms with Crippen LogP contribution < -0.4 is 5.73 Å². The molecule has 1 heterocycles. The summed E-state index contributed by atoms with van der Waals surface area (Å²) in [5.41, 5.74) is 8.83. The van der Waals surface area contributed by atoms with E-state index in [1.165, 1.54) is 0 Å². The zero-order valence-electron chi connectivity index (χ0n) is 10.6. The Bertz CT molecular complexity index is 619. The van der Waals surface area contributed by atoms with Crippen LogP contribution in [-0.4, -0.2) is 17.1 Å². The smallest absolute Gasteiger partial charge is 0.162 e. The SMILES string of the molecule is COCc1nc(-c2ccc(Br)cc2C)nc(N)c1I. The van der Waals surface area contributed by atoms with Gasteiger partial charge in [0.25, 0.3) is 0 Å². The minimum absolute atomic E-state index is 0.424. The predicted molar refractivity (Wildman–Crippen MR) is 87.7 cm³/mol. The number of nitrogen functional groups attached to an aromatic ring is 1. The summed E-state index contributed by atoms with van der Waals surface area (Å²) in [5, 5.41) is 0. The first-order chi connectivity index (χ1) is 9.02. The van der Waals surface area contributed by atoms with Crippen LogP contribution in [0.4, 0.5) is 5.82 Å². The molecule has 0 aliphatic rings. The Balaban J connectivity index is 2.56. The maximum absolute atomic E-state index is 5.95. The number of benzene rings is 1. The Morgan fingerprint density at radius 3 is 2.74 bits per heavy atom. The molecule has 0 bridgehead atoms. The third-order valence-corrected chi connectivity index (χ3v) is 4.32. The van der Waals surface area contributed by atoms with Gasteiger partial charge < -0.3 is 10.5 Å². The number of rotatable bonds is 3. The quantitative estimate of drug-likeness (QED) is 0.752. The largest absolute Gasteiger partial charge is 0.383 e. The molecule has 2 aromatic rings. The fraction of sp³-hybridized carbons (Fsp3) is 0.231. The van der Waals surface area contributed by atoms with Gasteiger partial charge in [-0.15, -0.1) is 0 Å². The summed E-state index contributed by atoms with van der Waals surface area (Å²) in [7, 11) is 1.64. The van der Waals surface area contributed by atoms with Crippen molar-refractivity contribution in [3.63, 3.8) is 0 Å². The van der Waals surface area contributed by atoms with E-state index in [0.29, 0.717) is 18.2 Å². The zero-order chi connectivity index (χ0) is 14.0. The van der Waals surface area contributed by atoms with E-state index < -0.39 is 0 Å². The summed E-state index contributed by atoms with van der Waals surface area (Å²) < 4.78 is 7.02. The van der Waals surface area contributed by atoms with Crippen molar-refractivity contribution in [3.05, 3.63) is 37.5 Å². The lowest BCUT2D eigenvalue weighted by atomic mass is 10.1. The standard InChI is InChI=1S/C13H13BrIN3O/c1-7-5-8(14)3-4-9(7)13-17-10(6-19-2)11(15)12(16)18-13/h3-5H,6H2,1-2H3,(H2,16,17,18). The van der Waals surface area contributed by atoms with Crippen molar-refractivity contribution >= 4 is 44.3 Å². The van der Waals surface area contributed by atoms with Crippen LogP contribution in [0.15, 0.2) is 22.7 Å². The van der Waals surface area contributed by atoms with Crippen LogP contribution >= 0.6 is 38.5 Å². The molecule has 1 aromatic heterocycles. The highest BCUT2D eigenvalue weighted by atomic mass is 127. The van der Waals surface area contributed by atoms with E-state index in [1.807, 2.05) is 25.1 Å². The molecule has 2 rings (SSSR count). The first kappa shape index (κ1) is 14.7. The number of nitrogens with zero attached hydrogens (tertiary/aromatic N) is 2. The maximum atomic E-state index is 5.95. The number of aryl methyl sites for hydroxylation is 1. The number of aromatic nitrogens is 2. The number of anilines is 1. The molecule has 0 unspecified atom stereocenters. The van der Waals surface area contributed by atoms with Gasteiger partial charge in [-0.25, -0.2) is 9.97 Å². The van der Waals surface area contributed by atoms with Crippen LogP contribution in [0.5, 0.6) is 0 Å². The number of ether oxygens (including phenoxy) is 1. The van der Waals surface area contributed by atoms with E-state index in [9.17, 15) is 0 Å². The molecular weight excluding hydrogens is 421 g/mol. The molecule has 0 spiro atoms.